The lowest BCUT2D eigenvalue weighted by Gasteiger charge is -2.26. The summed E-state index contributed by atoms with van der Waals surface area (Å²) in [6.07, 6.45) is -3.68. The zero-order valence-corrected chi connectivity index (χ0v) is 11.9. The van der Waals surface area contributed by atoms with Gasteiger partial charge in [0.15, 0.2) is 0 Å². The molecule has 0 saturated carbocycles. The second-order valence-electron chi connectivity index (χ2n) is 5.19. The average Bonchev–Trinajstić information content (AvgIpc) is 2.30. The van der Waals surface area contributed by atoms with Gasteiger partial charge < -0.3 is 11.1 Å². The van der Waals surface area contributed by atoms with E-state index in [0.29, 0.717) is 18.9 Å². The third kappa shape index (κ3) is 8.05. The van der Waals surface area contributed by atoms with Crippen LogP contribution >= 0.6 is 0 Å². The fraction of sp³-hybridized carbons (Fsp3) is 0.917. The summed E-state index contributed by atoms with van der Waals surface area (Å²) < 4.78 is 35.9. The van der Waals surface area contributed by atoms with E-state index in [0.717, 1.165) is 0 Å². The number of carbonyl (C=O) groups excluding carboxylic acids is 1. The standard InChI is InChI=1S/C12H24F3N3O/c1-8(2)10(16)5-6-18(4)9(3)11(19)17-7-12(13,14)15/h8-10H,5-7,16H2,1-4H3,(H,17,19). The maximum Gasteiger partial charge on any atom is 0.405 e. The first-order valence-corrected chi connectivity index (χ1v) is 6.35. The Kier molecular flexibility index (Phi) is 7.36. The van der Waals surface area contributed by atoms with Crippen molar-refractivity contribution >= 4 is 5.91 Å². The topological polar surface area (TPSA) is 58.4 Å². The molecule has 0 aliphatic heterocycles. The molecule has 0 aliphatic carbocycles. The van der Waals surface area contributed by atoms with Crippen LogP contribution in [0.3, 0.4) is 0 Å². The molecule has 1 amide bonds. The molecular weight excluding hydrogens is 259 g/mol. The highest BCUT2D eigenvalue weighted by molar-refractivity contribution is 5.81. The second kappa shape index (κ2) is 7.69. The van der Waals surface area contributed by atoms with Crippen molar-refractivity contribution < 1.29 is 18.0 Å². The molecule has 3 N–H and O–H groups in total. The van der Waals surface area contributed by atoms with Crippen LogP contribution in [0.2, 0.25) is 0 Å². The molecule has 114 valence electrons. The van der Waals surface area contributed by atoms with E-state index in [2.05, 4.69) is 0 Å². The number of halogens is 3. The van der Waals surface area contributed by atoms with Crippen molar-refractivity contribution in [3.63, 3.8) is 0 Å². The van der Waals surface area contributed by atoms with Gasteiger partial charge in [-0.25, -0.2) is 0 Å². The Bertz CT molecular complexity index is 282. The Labute approximate surface area is 112 Å². The molecule has 0 bridgehead atoms. The summed E-state index contributed by atoms with van der Waals surface area (Å²) in [6, 6.07) is -0.588. The van der Waals surface area contributed by atoms with E-state index in [1.54, 1.807) is 18.9 Å². The molecule has 0 aliphatic rings. The van der Waals surface area contributed by atoms with Gasteiger partial charge in [-0.3, -0.25) is 9.69 Å². The van der Waals surface area contributed by atoms with Crippen molar-refractivity contribution in [3.05, 3.63) is 0 Å². The van der Waals surface area contributed by atoms with E-state index < -0.39 is 24.7 Å². The molecule has 19 heavy (non-hydrogen) atoms. The summed E-state index contributed by atoms with van der Waals surface area (Å²) in [7, 11) is 1.70. The zero-order chi connectivity index (χ0) is 15.2. The molecule has 4 nitrogen and oxygen atoms in total. The Morgan fingerprint density at radius 2 is 1.84 bits per heavy atom. The first kappa shape index (κ1) is 18.2. The highest BCUT2D eigenvalue weighted by Crippen LogP contribution is 2.12. The summed E-state index contributed by atoms with van der Waals surface area (Å²) in [5.74, 6) is -0.291. The van der Waals surface area contributed by atoms with Crippen molar-refractivity contribution in [1.82, 2.24) is 10.2 Å². The van der Waals surface area contributed by atoms with Gasteiger partial charge in [0.1, 0.15) is 6.54 Å². The van der Waals surface area contributed by atoms with Gasteiger partial charge >= 0.3 is 6.18 Å². The molecule has 0 heterocycles. The average molecular weight is 283 g/mol. The fourth-order valence-corrected chi connectivity index (χ4v) is 1.41. The van der Waals surface area contributed by atoms with E-state index in [1.807, 2.05) is 19.2 Å². The molecule has 0 radical (unpaired) electrons. The Morgan fingerprint density at radius 3 is 2.26 bits per heavy atom. The first-order valence-electron chi connectivity index (χ1n) is 6.35. The zero-order valence-electron chi connectivity index (χ0n) is 11.9. The number of rotatable bonds is 7. The largest absolute Gasteiger partial charge is 0.405 e. The Hall–Kier alpha value is -0.820. The number of likely N-dealkylation sites (N-methyl/N-ethyl adjacent to an activating group) is 1. The maximum atomic E-state index is 12.0. The molecule has 2 unspecified atom stereocenters. The fourth-order valence-electron chi connectivity index (χ4n) is 1.41. The molecule has 0 saturated heterocycles. The minimum atomic E-state index is -4.38. The molecule has 0 rings (SSSR count). The highest BCUT2D eigenvalue weighted by Gasteiger charge is 2.29. The number of carbonyl (C=O) groups is 1. The van der Waals surface area contributed by atoms with Crippen molar-refractivity contribution in [2.24, 2.45) is 11.7 Å². The lowest BCUT2D eigenvalue weighted by Crippen LogP contribution is -2.47. The SMILES string of the molecule is CC(C)C(N)CCN(C)C(C)C(=O)NCC(F)(F)F. The van der Waals surface area contributed by atoms with E-state index in [-0.39, 0.29) is 6.04 Å². The molecule has 0 aromatic heterocycles. The number of alkyl halides is 3. The van der Waals surface area contributed by atoms with Gasteiger partial charge in [-0.15, -0.1) is 0 Å². The lowest BCUT2D eigenvalue weighted by molar-refractivity contribution is -0.141. The van der Waals surface area contributed by atoms with Gasteiger partial charge in [0, 0.05) is 12.6 Å². The van der Waals surface area contributed by atoms with Gasteiger partial charge in [0.05, 0.1) is 6.04 Å². The summed E-state index contributed by atoms with van der Waals surface area (Å²) in [4.78, 5) is 13.2. The third-order valence-electron chi connectivity index (χ3n) is 3.18. The summed E-state index contributed by atoms with van der Waals surface area (Å²) in [6.45, 7) is 4.86. The van der Waals surface area contributed by atoms with Crippen molar-refractivity contribution in [2.45, 2.75) is 45.5 Å². The van der Waals surface area contributed by atoms with Crippen LogP contribution in [0.4, 0.5) is 13.2 Å². The number of hydrogen-bond donors (Lipinski definition) is 2. The van der Waals surface area contributed by atoms with Gasteiger partial charge in [-0.1, -0.05) is 13.8 Å². The van der Waals surface area contributed by atoms with Crippen LogP contribution in [0.15, 0.2) is 0 Å². The minimum Gasteiger partial charge on any atom is -0.346 e. The van der Waals surface area contributed by atoms with Crippen molar-refractivity contribution in [3.8, 4) is 0 Å². The highest BCUT2D eigenvalue weighted by atomic mass is 19.4. The van der Waals surface area contributed by atoms with Crippen LogP contribution in [0, 0.1) is 5.92 Å². The van der Waals surface area contributed by atoms with E-state index >= 15 is 0 Å². The minimum absolute atomic E-state index is 0.0212. The van der Waals surface area contributed by atoms with Crippen LogP contribution in [-0.4, -0.2) is 49.2 Å². The quantitative estimate of drug-likeness (QED) is 0.741. The maximum absolute atomic E-state index is 12.0. The van der Waals surface area contributed by atoms with Gasteiger partial charge in [-0.05, 0) is 26.3 Å². The van der Waals surface area contributed by atoms with E-state index in [4.69, 9.17) is 5.73 Å². The van der Waals surface area contributed by atoms with Crippen LogP contribution in [0.1, 0.15) is 27.2 Å². The number of nitrogens with zero attached hydrogens (tertiary/aromatic N) is 1. The van der Waals surface area contributed by atoms with Crippen LogP contribution < -0.4 is 11.1 Å². The molecule has 0 aromatic rings. The molecule has 0 spiro atoms. The Morgan fingerprint density at radius 1 is 1.32 bits per heavy atom. The second-order valence-corrected chi connectivity index (χ2v) is 5.19. The third-order valence-corrected chi connectivity index (χ3v) is 3.18. The molecule has 0 fully saturated rings. The predicted molar refractivity (Wildman–Crippen MR) is 68.6 cm³/mol. The van der Waals surface area contributed by atoms with E-state index in [9.17, 15) is 18.0 Å². The van der Waals surface area contributed by atoms with Crippen LogP contribution in [0.25, 0.3) is 0 Å². The van der Waals surface area contributed by atoms with Gasteiger partial charge in [-0.2, -0.15) is 13.2 Å². The summed E-state index contributed by atoms with van der Waals surface area (Å²) >= 11 is 0. The van der Waals surface area contributed by atoms with Crippen molar-refractivity contribution in [2.75, 3.05) is 20.1 Å². The lowest BCUT2D eigenvalue weighted by atomic mass is 10.0. The first-order chi connectivity index (χ1) is 8.54. The van der Waals surface area contributed by atoms with Gasteiger partial charge in [0.2, 0.25) is 5.91 Å². The summed E-state index contributed by atoms with van der Waals surface area (Å²) in [5.41, 5.74) is 5.88. The number of amides is 1. The molecule has 0 aromatic carbocycles. The molecule has 7 heteroatoms. The Balaban J connectivity index is 4.11. The number of hydrogen-bond acceptors (Lipinski definition) is 3. The number of nitrogens with one attached hydrogen (secondary N) is 1. The predicted octanol–water partition coefficient (Wildman–Crippen LogP) is 1.36. The number of nitrogens with two attached hydrogens (primary N) is 1. The molecule has 2 atom stereocenters. The monoisotopic (exact) mass is 283 g/mol. The van der Waals surface area contributed by atoms with Crippen molar-refractivity contribution in [1.29, 1.82) is 0 Å². The molecular formula is C12H24F3N3O. The summed E-state index contributed by atoms with van der Waals surface area (Å²) in [5, 5.41) is 1.88. The smallest absolute Gasteiger partial charge is 0.346 e. The van der Waals surface area contributed by atoms with Gasteiger partial charge in [0.25, 0.3) is 0 Å². The van der Waals surface area contributed by atoms with E-state index in [1.165, 1.54) is 0 Å². The van der Waals surface area contributed by atoms with Crippen LogP contribution in [-0.2, 0) is 4.79 Å². The van der Waals surface area contributed by atoms with Crippen LogP contribution in [0.5, 0.6) is 0 Å². The normalized spacial score (nSPS) is 15.7.